The van der Waals surface area contributed by atoms with Crippen LogP contribution in [0.2, 0.25) is 10.0 Å². The van der Waals surface area contributed by atoms with Crippen molar-refractivity contribution in [1.29, 1.82) is 0 Å². The Hall–Kier alpha value is -3.35. The highest BCUT2D eigenvalue weighted by Crippen LogP contribution is 2.32. The molecule has 0 fully saturated rings. The fraction of sp³-hybridized carbons (Fsp3) is 0.0870. The van der Waals surface area contributed by atoms with E-state index < -0.39 is 0 Å². The first kappa shape index (κ1) is 20.9. The summed E-state index contributed by atoms with van der Waals surface area (Å²) >= 11 is 12.3. The average molecular weight is 454 g/mol. The second-order valence-electron chi connectivity index (χ2n) is 6.60. The minimum absolute atomic E-state index is 0.140. The quantitative estimate of drug-likeness (QED) is 0.349. The Morgan fingerprint density at radius 1 is 1.00 bits per heavy atom. The van der Waals surface area contributed by atoms with Gasteiger partial charge in [0.05, 0.1) is 10.7 Å². The molecule has 0 saturated heterocycles. The fourth-order valence-electron chi connectivity index (χ4n) is 2.85. The maximum absolute atomic E-state index is 12.5. The van der Waals surface area contributed by atoms with E-state index in [0.717, 1.165) is 0 Å². The Labute approximate surface area is 188 Å². The number of halogens is 2. The van der Waals surface area contributed by atoms with Crippen LogP contribution in [0.5, 0.6) is 11.5 Å². The summed E-state index contributed by atoms with van der Waals surface area (Å²) in [4.78, 5) is 16.8. The Kier molecular flexibility index (Phi) is 6.50. The molecule has 0 atom stereocenters. The van der Waals surface area contributed by atoms with Crippen molar-refractivity contribution in [2.45, 2.75) is 12.8 Å². The van der Waals surface area contributed by atoms with Gasteiger partial charge >= 0.3 is 0 Å². The second-order valence-corrected chi connectivity index (χ2v) is 7.44. The van der Waals surface area contributed by atoms with E-state index in [9.17, 15) is 4.79 Å². The molecule has 4 aromatic rings. The molecule has 0 aliphatic heterocycles. The highest BCUT2D eigenvalue weighted by molar-refractivity contribution is 6.33. The van der Waals surface area contributed by atoms with E-state index in [-0.39, 0.29) is 18.7 Å². The van der Waals surface area contributed by atoms with Gasteiger partial charge in [0.2, 0.25) is 17.6 Å². The molecule has 0 saturated carbocycles. The number of anilines is 1. The molecule has 0 unspecified atom stereocenters. The highest BCUT2D eigenvalue weighted by Gasteiger charge is 2.14. The lowest BCUT2D eigenvalue weighted by Crippen LogP contribution is -2.13. The Balaban J connectivity index is 1.40. The van der Waals surface area contributed by atoms with E-state index >= 15 is 0 Å². The summed E-state index contributed by atoms with van der Waals surface area (Å²) in [5, 5.41) is 7.78. The van der Waals surface area contributed by atoms with Crippen molar-refractivity contribution in [2.24, 2.45) is 0 Å². The van der Waals surface area contributed by atoms with Gasteiger partial charge < -0.3 is 14.6 Å². The molecular weight excluding hydrogens is 437 g/mol. The van der Waals surface area contributed by atoms with Gasteiger partial charge in [-0.2, -0.15) is 4.98 Å². The molecule has 31 heavy (non-hydrogen) atoms. The van der Waals surface area contributed by atoms with Crippen LogP contribution in [0.1, 0.15) is 12.3 Å². The number of ether oxygens (including phenoxy) is 1. The summed E-state index contributed by atoms with van der Waals surface area (Å²) in [5.41, 5.74) is 1.15. The molecule has 1 amide bonds. The summed E-state index contributed by atoms with van der Waals surface area (Å²) in [6.45, 7) is 0. The van der Waals surface area contributed by atoms with Crippen LogP contribution in [-0.4, -0.2) is 16.0 Å². The predicted octanol–water partition coefficient (Wildman–Crippen LogP) is 6.41. The molecule has 1 aromatic heterocycles. The standard InChI is InChI=1S/C23H17Cl2N3O3/c24-15-10-11-20(30-16-6-2-1-3-7-16)19(14-15)26-21(29)12-13-22-27-23(28-31-22)17-8-4-5-9-18(17)25/h1-11,14H,12-13H2,(H,26,29). The van der Waals surface area contributed by atoms with Crippen LogP contribution in [0, 0.1) is 0 Å². The zero-order chi connectivity index (χ0) is 21.6. The smallest absolute Gasteiger partial charge is 0.227 e. The molecule has 156 valence electrons. The molecule has 0 radical (unpaired) electrons. The molecule has 1 N–H and O–H groups in total. The first-order valence-electron chi connectivity index (χ1n) is 9.48. The summed E-state index contributed by atoms with van der Waals surface area (Å²) in [5.74, 6) is 1.63. The predicted molar refractivity (Wildman–Crippen MR) is 120 cm³/mol. The number of amides is 1. The lowest BCUT2D eigenvalue weighted by molar-refractivity contribution is -0.116. The number of carbonyl (C=O) groups is 1. The summed E-state index contributed by atoms with van der Waals surface area (Å²) in [6, 6.07) is 21.5. The molecule has 0 spiro atoms. The number of para-hydroxylation sites is 1. The van der Waals surface area contributed by atoms with Gasteiger partial charge in [0.25, 0.3) is 0 Å². The Bertz CT molecular complexity index is 1200. The van der Waals surface area contributed by atoms with E-state index in [1.54, 1.807) is 30.3 Å². The molecule has 6 nitrogen and oxygen atoms in total. The van der Waals surface area contributed by atoms with Crippen molar-refractivity contribution in [3.05, 3.63) is 88.7 Å². The fourth-order valence-corrected chi connectivity index (χ4v) is 3.24. The van der Waals surface area contributed by atoms with Crippen LogP contribution in [-0.2, 0) is 11.2 Å². The van der Waals surface area contributed by atoms with Crippen molar-refractivity contribution in [2.75, 3.05) is 5.32 Å². The summed E-state index contributed by atoms with van der Waals surface area (Å²) in [7, 11) is 0. The number of benzene rings is 3. The van der Waals surface area contributed by atoms with Gasteiger partial charge in [0, 0.05) is 23.4 Å². The van der Waals surface area contributed by atoms with Gasteiger partial charge in [-0.25, -0.2) is 0 Å². The Morgan fingerprint density at radius 3 is 2.58 bits per heavy atom. The third-order valence-corrected chi connectivity index (χ3v) is 4.90. The van der Waals surface area contributed by atoms with Crippen LogP contribution in [0.4, 0.5) is 5.69 Å². The minimum Gasteiger partial charge on any atom is -0.455 e. The molecule has 1 heterocycles. The van der Waals surface area contributed by atoms with E-state index in [1.165, 1.54) is 0 Å². The zero-order valence-corrected chi connectivity index (χ0v) is 17.7. The van der Waals surface area contributed by atoms with Gasteiger partial charge in [-0.15, -0.1) is 0 Å². The van der Waals surface area contributed by atoms with Crippen molar-refractivity contribution in [3.8, 4) is 22.9 Å². The normalized spacial score (nSPS) is 10.6. The van der Waals surface area contributed by atoms with Gasteiger partial charge in [-0.3, -0.25) is 4.79 Å². The summed E-state index contributed by atoms with van der Waals surface area (Å²) in [6.07, 6.45) is 0.417. The van der Waals surface area contributed by atoms with E-state index in [4.69, 9.17) is 32.5 Å². The number of aryl methyl sites for hydroxylation is 1. The number of hydrogen-bond acceptors (Lipinski definition) is 5. The highest BCUT2D eigenvalue weighted by atomic mass is 35.5. The minimum atomic E-state index is -0.238. The van der Waals surface area contributed by atoms with Gasteiger partial charge in [0.1, 0.15) is 5.75 Å². The third-order valence-electron chi connectivity index (χ3n) is 4.34. The first-order valence-corrected chi connectivity index (χ1v) is 10.2. The maximum atomic E-state index is 12.5. The number of nitrogens with one attached hydrogen (secondary N) is 1. The number of nitrogens with zero attached hydrogens (tertiary/aromatic N) is 2. The SMILES string of the molecule is O=C(CCc1nc(-c2ccccc2Cl)no1)Nc1cc(Cl)ccc1Oc1ccccc1. The molecule has 0 aliphatic carbocycles. The lowest BCUT2D eigenvalue weighted by atomic mass is 10.2. The lowest BCUT2D eigenvalue weighted by Gasteiger charge is -2.12. The van der Waals surface area contributed by atoms with Crippen molar-refractivity contribution in [3.63, 3.8) is 0 Å². The number of rotatable bonds is 7. The van der Waals surface area contributed by atoms with Crippen LogP contribution < -0.4 is 10.1 Å². The van der Waals surface area contributed by atoms with Crippen molar-refractivity contribution >= 4 is 34.8 Å². The topological polar surface area (TPSA) is 77.2 Å². The molecule has 8 heteroatoms. The average Bonchev–Trinajstić information content (AvgIpc) is 3.24. The van der Waals surface area contributed by atoms with Gasteiger partial charge in [-0.1, -0.05) is 58.7 Å². The monoisotopic (exact) mass is 453 g/mol. The third kappa shape index (κ3) is 5.42. The molecule has 3 aromatic carbocycles. The van der Waals surface area contributed by atoms with Crippen LogP contribution in [0.25, 0.3) is 11.4 Å². The molecular formula is C23H17Cl2N3O3. The largest absolute Gasteiger partial charge is 0.455 e. The molecule has 4 rings (SSSR count). The second kappa shape index (κ2) is 9.64. The van der Waals surface area contributed by atoms with Crippen LogP contribution in [0.15, 0.2) is 77.3 Å². The zero-order valence-electron chi connectivity index (χ0n) is 16.2. The Morgan fingerprint density at radius 2 is 1.77 bits per heavy atom. The van der Waals surface area contributed by atoms with Crippen molar-refractivity contribution < 1.29 is 14.1 Å². The number of carbonyl (C=O) groups excluding carboxylic acids is 1. The first-order chi connectivity index (χ1) is 15.1. The number of hydrogen-bond donors (Lipinski definition) is 1. The maximum Gasteiger partial charge on any atom is 0.227 e. The molecule has 0 aliphatic rings. The van der Waals surface area contributed by atoms with Gasteiger partial charge in [-0.05, 0) is 42.5 Å². The summed E-state index contributed by atoms with van der Waals surface area (Å²) < 4.78 is 11.1. The van der Waals surface area contributed by atoms with Crippen molar-refractivity contribution in [1.82, 2.24) is 10.1 Å². The van der Waals surface area contributed by atoms with E-state index in [0.29, 0.717) is 44.5 Å². The van der Waals surface area contributed by atoms with Crippen LogP contribution >= 0.6 is 23.2 Å². The van der Waals surface area contributed by atoms with E-state index in [2.05, 4.69) is 15.5 Å². The van der Waals surface area contributed by atoms with Crippen LogP contribution in [0.3, 0.4) is 0 Å². The van der Waals surface area contributed by atoms with Gasteiger partial charge in [0.15, 0.2) is 5.75 Å². The van der Waals surface area contributed by atoms with E-state index in [1.807, 2.05) is 42.5 Å². The number of aromatic nitrogens is 2. The molecule has 0 bridgehead atoms.